The Hall–Kier alpha value is -3.93. The van der Waals surface area contributed by atoms with E-state index in [1.54, 1.807) is 62.6 Å². The van der Waals surface area contributed by atoms with Crippen LogP contribution in [0.2, 0.25) is 0 Å². The number of aliphatic hydroxyl groups is 1. The number of methoxy groups -OCH3 is 1. The minimum Gasteiger partial charge on any atom is -0.493 e. The maximum absolute atomic E-state index is 13.1. The Bertz CT molecular complexity index is 1420. The second kappa shape index (κ2) is 9.75. The number of carbonyl (C=O) groups excluding carboxylic acids is 1. The number of hydrogen-bond donors (Lipinski definition) is 2. The number of rotatable bonds is 9. The Balaban J connectivity index is 1.40. The van der Waals surface area contributed by atoms with Crippen molar-refractivity contribution in [1.29, 1.82) is 5.26 Å². The molecule has 0 saturated heterocycles. The van der Waals surface area contributed by atoms with Crippen LogP contribution in [0.5, 0.6) is 17.2 Å². The number of hydrogen-bond acceptors (Lipinski definition) is 8. The predicted octanol–water partition coefficient (Wildman–Crippen LogP) is 4.61. The molecule has 196 valence electrons. The first-order valence-corrected chi connectivity index (χ1v) is 12.7. The van der Waals surface area contributed by atoms with E-state index < -0.39 is 11.1 Å². The highest BCUT2D eigenvalue weighted by molar-refractivity contribution is 5.96. The van der Waals surface area contributed by atoms with Crippen LogP contribution in [0, 0.1) is 11.3 Å². The molecule has 2 aliphatic rings. The van der Waals surface area contributed by atoms with Crippen LogP contribution in [0.1, 0.15) is 66.7 Å². The summed E-state index contributed by atoms with van der Waals surface area (Å²) in [6, 6.07) is 16.1. The Kier molecular flexibility index (Phi) is 6.59. The SMILES string of the molecule is COc1cc(C(=O)CCC(C)(O)c2cc3c(c(-c4ccc(C#N)cc4)n2)OCC3(C)N)ccc1OC1CC1. The molecule has 1 saturated carbocycles. The van der Waals surface area contributed by atoms with E-state index in [1.165, 1.54) is 0 Å². The molecule has 8 nitrogen and oxygen atoms in total. The standard InChI is InChI=1S/C30H31N3O5/c1-29(32)17-37-28-22(29)15-26(33-27(28)19-6-4-18(16-31)5-7-19)30(2,35)13-12-23(34)20-8-11-24(25(14-20)36-3)38-21-9-10-21/h4-8,11,14-15,21,35H,9-10,12-13,17,32H2,1-3H3. The van der Waals surface area contributed by atoms with E-state index in [0.717, 1.165) is 24.0 Å². The summed E-state index contributed by atoms with van der Waals surface area (Å²) in [5.41, 5.74) is 7.78. The Morgan fingerprint density at radius 3 is 2.63 bits per heavy atom. The molecule has 0 bridgehead atoms. The van der Waals surface area contributed by atoms with Crippen molar-refractivity contribution in [2.24, 2.45) is 5.73 Å². The highest BCUT2D eigenvalue weighted by Gasteiger charge is 2.38. The third kappa shape index (κ3) is 5.08. The Morgan fingerprint density at radius 1 is 1.24 bits per heavy atom. The fourth-order valence-corrected chi connectivity index (χ4v) is 4.51. The molecule has 2 heterocycles. The van der Waals surface area contributed by atoms with Gasteiger partial charge in [0.25, 0.3) is 0 Å². The van der Waals surface area contributed by atoms with Crippen LogP contribution in [0.25, 0.3) is 11.3 Å². The van der Waals surface area contributed by atoms with Gasteiger partial charge in [0.15, 0.2) is 23.0 Å². The van der Waals surface area contributed by atoms with E-state index in [2.05, 4.69) is 6.07 Å². The first-order chi connectivity index (χ1) is 18.1. The van der Waals surface area contributed by atoms with Crippen molar-refractivity contribution in [2.45, 2.75) is 56.8 Å². The number of pyridine rings is 1. The third-order valence-electron chi connectivity index (χ3n) is 7.09. The van der Waals surface area contributed by atoms with Crippen LogP contribution in [0.15, 0.2) is 48.5 Å². The zero-order valence-corrected chi connectivity index (χ0v) is 21.8. The minimum atomic E-state index is -1.41. The Labute approximate surface area is 222 Å². The van der Waals surface area contributed by atoms with Crippen LogP contribution < -0.4 is 19.9 Å². The van der Waals surface area contributed by atoms with Gasteiger partial charge in [-0.1, -0.05) is 12.1 Å². The van der Waals surface area contributed by atoms with E-state index >= 15 is 0 Å². The number of benzene rings is 2. The van der Waals surface area contributed by atoms with Gasteiger partial charge in [-0.05, 0) is 69.5 Å². The van der Waals surface area contributed by atoms with E-state index in [-0.39, 0.29) is 31.3 Å². The molecular formula is C30H31N3O5. The fraction of sp³-hybridized carbons (Fsp3) is 0.367. The predicted molar refractivity (Wildman–Crippen MR) is 141 cm³/mol. The first-order valence-electron chi connectivity index (χ1n) is 12.7. The summed E-state index contributed by atoms with van der Waals surface area (Å²) in [5, 5.41) is 20.7. The summed E-state index contributed by atoms with van der Waals surface area (Å²) in [7, 11) is 1.55. The van der Waals surface area contributed by atoms with Crippen LogP contribution in [-0.2, 0) is 11.1 Å². The number of nitrogens with two attached hydrogens (primary N) is 1. The number of carbonyl (C=O) groups is 1. The first kappa shape index (κ1) is 25.7. The molecule has 0 amide bonds. The molecule has 1 aliphatic heterocycles. The molecule has 8 heteroatoms. The average Bonchev–Trinajstić information content (AvgIpc) is 3.68. The summed E-state index contributed by atoms with van der Waals surface area (Å²) in [6.07, 6.45) is 2.52. The normalized spacial score (nSPS) is 19.6. The van der Waals surface area contributed by atoms with Crippen molar-refractivity contribution in [3.63, 3.8) is 0 Å². The summed E-state index contributed by atoms with van der Waals surface area (Å²) < 4.78 is 17.2. The van der Waals surface area contributed by atoms with Crippen LogP contribution in [-0.4, -0.2) is 35.7 Å². The van der Waals surface area contributed by atoms with Crippen molar-refractivity contribution in [3.05, 3.63) is 70.9 Å². The van der Waals surface area contributed by atoms with Gasteiger partial charge in [-0.2, -0.15) is 5.26 Å². The van der Waals surface area contributed by atoms with Crippen LogP contribution >= 0.6 is 0 Å². The molecular weight excluding hydrogens is 482 g/mol. The molecule has 1 fully saturated rings. The smallest absolute Gasteiger partial charge is 0.163 e. The summed E-state index contributed by atoms with van der Waals surface area (Å²) in [4.78, 5) is 17.9. The van der Waals surface area contributed by atoms with Crippen LogP contribution in [0.3, 0.4) is 0 Å². The molecule has 2 aromatic carbocycles. The molecule has 3 N–H and O–H groups in total. The quantitative estimate of drug-likeness (QED) is 0.397. The van der Waals surface area contributed by atoms with Gasteiger partial charge >= 0.3 is 0 Å². The second-order valence-corrected chi connectivity index (χ2v) is 10.5. The van der Waals surface area contributed by atoms with E-state index in [4.69, 9.17) is 30.2 Å². The molecule has 0 radical (unpaired) electrons. The molecule has 2 unspecified atom stereocenters. The second-order valence-electron chi connectivity index (χ2n) is 10.5. The lowest BCUT2D eigenvalue weighted by atomic mass is 9.88. The zero-order chi connectivity index (χ0) is 27.1. The number of ether oxygens (including phenoxy) is 3. The van der Waals surface area contributed by atoms with E-state index in [1.807, 2.05) is 6.92 Å². The van der Waals surface area contributed by atoms with Gasteiger partial charge in [0, 0.05) is 23.1 Å². The monoisotopic (exact) mass is 513 g/mol. The summed E-state index contributed by atoms with van der Waals surface area (Å²) in [5.74, 6) is 1.59. The highest BCUT2D eigenvalue weighted by Crippen LogP contribution is 2.44. The molecule has 5 rings (SSSR count). The molecule has 0 spiro atoms. The van der Waals surface area contributed by atoms with E-state index in [9.17, 15) is 9.90 Å². The number of nitrogens with zero attached hydrogens (tertiary/aromatic N) is 2. The number of aromatic nitrogens is 1. The van der Waals surface area contributed by atoms with Crippen molar-refractivity contribution < 1.29 is 24.1 Å². The topological polar surface area (TPSA) is 128 Å². The van der Waals surface area contributed by atoms with Crippen molar-refractivity contribution in [1.82, 2.24) is 4.98 Å². The van der Waals surface area contributed by atoms with Gasteiger partial charge in [0.2, 0.25) is 0 Å². The summed E-state index contributed by atoms with van der Waals surface area (Å²) in [6.45, 7) is 3.79. The fourth-order valence-electron chi connectivity index (χ4n) is 4.51. The van der Waals surface area contributed by atoms with Gasteiger partial charge in [-0.25, -0.2) is 4.98 Å². The van der Waals surface area contributed by atoms with Gasteiger partial charge < -0.3 is 25.1 Å². The highest BCUT2D eigenvalue weighted by atomic mass is 16.5. The Morgan fingerprint density at radius 2 is 1.97 bits per heavy atom. The third-order valence-corrected chi connectivity index (χ3v) is 7.09. The van der Waals surface area contributed by atoms with Gasteiger partial charge in [-0.3, -0.25) is 4.79 Å². The lowest BCUT2D eigenvalue weighted by Crippen LogP contribution is -2.35. The number of fused-ring (bicyclic) bond motifs is 1. The average molecular weight is 514 g/mol. The largest absolute Gasteiger partial charge is 0.493 e. The zero-order valence-electron chi connectivity index (χ0n) is 21.8. The van der Waals surface area contributed by atoms with Gasteiger partial charge in [-0.15, -0.1) is 0 Å². The maximum Gasteiger partial charge on any atom is 0.163 e. The lowest BCUT2D eigenvalue weighted by Gasteiger charge is -2.25. The maximum atomic E-state index is 13.1. The molecule has 1 aromatic heterocycles. The van der Waals surface area contributed by atoms with Crippen molar-refractivity contribution in [2.75, 3.05) is 13.7 Å². The van der Waals surface area contributed by atoms with E-state index in [0.29, 0.717) is 39.8 Å². The number of ketones is 1. The molecule has 38 heavy (non-hydrogen) atoms. The minimum absolute atomic E-state index is 0.0976. The van der Waals surface area contributed by atoms with Gasteiger partial charge in [0.1, 0.15) is 17.9 Å². The molecule has 3 aromatic rings. The van der Waals surface area contributed by atoms with Crippen LogP contribution in [0.4, 0.5) is 0 Å². The van der Waals surface area contributed by atoms with Gasteiger partial charge in [0.05, 0.1) is 36.1 Å². The number of nitriles is 1. The molecule has 2 atom stereocenters. The lowest BCUT2D eigenvalue weighted by molar-refractivity contribution is 0.0396. The summed E-state index contributed by atoms with van der Waals surface area (Å²) >= 11 is 0. The van der Waals surface area contributed by atoms with Crippen molar-refractivity contribution in [3.8, 4) is 34.6 Å². The van der Waals surface area contributed by atoms with Crippen molar-refractivity contribution >= 4 is 5.78 Å². The number of Topliss-reactive ketones (excluding diaryl/α,β-unsaturated/α-hetero) is 1. The molecule has 1 aliphatic carbocycles.